The highest BCUT2D eigenvalue weighted by atomic mass is 16.6. The van der Waals surface area contributed by atoms with Gasteiger partial charge in [-0.3, -0.25) is 0 Å². The van der Waals surface area contributed by atoms with E-state index >= 15 is 0 Å². The van der Waals surface area contributed by atoms with E-state index in [-0.39, 0.29) is 37.4 Å². The highest BCUT2D eigenvalue weighted by Gasteiger charge is 2.31. The van der Waals surface area contributed by atoms with E-state index in [0.717, 1.165) is 44.4 Å². The van der Waals surface area contributed by atoms with E-state index < -0.39 is 11.6 Å². The van der Waals surface area contributed by atoms with E-state index in [9.17, 15) is 9.59 Å². The number of amides is 1. The highest BCUT2D eigenvalue weighted by Crippen LogP contribution is 2.41. The van der Waals surface area contributed by atoms with Crippen molar-refractivity contribution in [3.63, 3.8) is 0 Å². The third-order valence-electron chi connectivity index (χ3n) is 9.33. The monoisotopic (exact) mass is 723 g/mol. The molecule has 54 heavy (non-hydrogen) atoms. The van der Waals surface area contributed by atoms with Crippen LogP contribution in [0, 0.1) is 0 Å². The molecule has 1 amide bonds. The summed E-state index contributed by atoms with van der Waals surface area (Å²) in [6.07, 6.45) is 0.910. The lowest BCUT2D eigenvalue weighted by molar-refractivity contribution is 0.0221. The van der Waals surface area contributed by atoms with Crippen molar-refractivity contribution in [2.45, 2.75) is 72.5 Å². The number of nitrogens with zero attached hydrogens (tertiary/aromatic N) is 2. The van der Waals surface area contributed by atoms with Crippen LogP contribution in [0.3, 0.4) is 0 Å². The lowest BCUT2D eigenvalue weighted by Crippen LogP contribution is -2.39. The first-order valence-corrected chi connectivity index (χ1v) is 18.4. The Morgan fingerprint density at radius 3 is 2.02 bits per heavy atom. The third-order valence-corrected chi connectivity index (χ3v) is 9.33. The Morgan fingerprint density at radius 1 is 0.796 bits per heavy atom. The average molecular weight is 724 g/mol. The minimum absolute atomic E-state index is 0.0820. The molecule has 9 nitrogen and oxygen atoms in total. The van der Waals surface area contributed by atoms with Crippen LogP contribution in [0.15, 0.2) is 109 Å². The molecule has 7 rings (SSSR count). The lowest BCUT2D eigenvalue weighted by atomic mass is 9.98. The second-order valence-electron chi connectivity index (χ2n) is 14.4. The van der Waals surface area contributed by atoms with Gasteiger partial charge in [0.2, 0.25) is 5.88 Å². The number of H-pyrrole nitrogens is 1. The summed E-state index contributed by atoms with van der Waals surface area (Å²) in [5, 5.41) is 1.10. The second-order valence-corrected chi connectivity index (χ2v) is 14.4. The normalized spacial score (nSPS) is 12.6. The van der Waals surface area contributed by atoms with Gasteiger partial charge in [-0.05, 0) is 61.9 Å². The van der Waals surface area contributed by atoms with Gasteiger partial charge in [0.25, 0.3) is 0 Å². The molecule has 4 aromatic carbocycles. The number of carbonyl (C=O) groups excluding carboxylic acids is 2. The van der Waals surface area contributed by atoms with Crippen LogP contribution >= 0.6 is 0 Å². The first-order chi connectivity index (χ1) is 26.2. The van der Waals surface area contributed by atoms with Crippen molar-refractivity contribution in [1.82, 2.24) is 14.9 Å². The van der Waals surface area contributed by atoms with E-state index in [2.05, 4.69) is 17.1 Å². The summed E-state index contributed by atoms with van der Waals surface area (Å²) >= 11 is 0. The van der Waals surface area contributed by atoms with Gasteiger partial charge >= 0.3 is 12.1 Å². The van der Waals surface area contributed by atoms with Crippen LogP contribution in [-0.2, 0) is 48.7 Å². The maximum atomic E-state index is 14.2. The fourth-order valence-electron chi connectivity index (χ4n) is 6.72. The van der Waals surface area contributed by atoms with Crippen LogP contribution in [0.1, 0.15) is 71.6 Å². The summed E-state index contributed by atoms with van der Waals surface area (Å²) in [7, 11) is 0. The Balaban J connectivity index is 1.31. The highest BCUT2D eigenvalue weighted by molar-refractivity contribution is 5.97. The average Bonchev–Trinajstić information content (AvgIpc) is 3.55. The van der Waals surface area contributed by atoms with Crippen LogP contribution in [0.5, 0.6) is 11.6 Å². The molecule has 0 fully saturated rings. The first kappa shape index (κ1) is 36.3. The topological polar surface area (TPSA) is 103 Å². The van der Waals surface area contributed by atoms with Gasteiger partial charge in [-0.15, -0.1) is 0 Å². The molecular formula is C45H45N3O6. The number of pyridine rings is 1. The maximum Gasteiger partial charge on any atom is 0.410 e. The summed E-state index contributed by atoms with van der Waals surface area (Å²) in [6, 6.07) is 35.4. The van der Waals surface area contributed by atoms with Crippen molar-refractivity contribution in [2.24, 2.45) is 0 Å². The molecule has 0 bridgehead atoms. The van der Waals surface area contributed by atoms with E-state index in [0.29, 0.717) is 37.4 Å². The van der Waals surface area contributed by atoms with Crippen LogP contribution < -0.4 is 9.47 Å². The van der Waals surface area contributed by atoms with Crippen LogP contribution in [-0.4, -0.2) is 39.1 Å². The number of hydrogen-bond acceptors (Lipinski definition) is 7. The van der Waals surface area contributed by atoms with Crippen molar-refractivity contribution >= 4 is 23.0 Å². The molecule has 276 valence electrons. The van der Waals surface area contributed by atoms with E-state index in [4.69, 9.17) is 23.9 Å². The number of esters is 1. The van der Waals surface area contributed by atoms with Crippen LogP contribution in [0.2, 0.25) is 0 Å². The quantitative estimate of drug-likeness (QED) is 0.133. The molecule has 3 heterocycles. The van der Waals surface area contributed by atoms with Crippen molar-refractivity contribution in [3.05, 3.63) is 148 Å². The van der Waals surface area contributed by atoms with E-state index in [1.165, 1.54) is 5.56 Å². The number of aromatic nitrogens is 2. The molecule has 0 saturated carbocycles. The molecule has 0 aliphatic carbocycles. The van der Waals surface area contributed by atoms with Crippen molar-refractivity contribution < 1.29 is 28.5 Å². The van der Waals surface area contributed by atoms with Crippen molar-refractivity contribution in [2.75, 3.05) is 6.54 Å². The summed E-state index contributed by atoms with van der Waals surface area (Å²) in [5.41, 5.74) is 7.66. The van der Waals surface area contributed by atoms with Gasteiger partial charge in [-0.2, -0.15) is 0 Å². The predicted octanol–water partition coefficient (Wildman–Crippen LogP) is 9.60. The number of nitrogens with one attached hydrogen (secondary N) is 1. The number of carbonyl (C=O) groups is 2. The van der Waals surface area contributed by atoms with Crippen molar-refractivity contribution in [3.8, 4) is 22.9 Å². The SMILES string of the molecule is CCc1c(-c2ccc3c4c([nH]c3c2)CN(C(=O)OC(C)(C)C)CC4)nc(OCc2ccccc2)c(C(=O)OCc2ccccc2)c1OCc1ccccc1. The molecule has 0 spiro atoms. The molecule has 2 aromatic heterocycles. The molecule has 0 unspecified atom stereocenters. The number of ether oxygens (including phenoxy) is 4. The van der Waals surface area contributed by atoms with Gasteiger partial charge in [0.15, 0.2) is 5.56 Å². The summed E-state index contributed by atoms with van der Waals surface area (Å²) in [5.74, 6) is -0.0711. The fourth-order valence-corrected chi connectivity index (χ4v) is 6.72. The smallest absolute Gasteiger partial charge is 0.410 e. The zero-order valence-electron chi connectivity index (χ0n) is 31.2. The zero-order valence-corrected chi connectivity index (χ0v) is 31.2. The van der Waals surface area contributed by atoms with Crippen LogP contribution in [0.25, 0.3) is 22.2 Å². The zero-order chi connectivity index (χ0) is 37.7. The number of benzene rings is 4. The minimum atomic E-state index is -0.583. The van der Waals surface area contributed by atoms with Gasteiger partial charge in [0.1, 0.15) is 31.2 Å². The molecule has 0 radical (unpaired) electrons. The van der Waals surface area contributed by atoms with E-state index in [1.807, 2.05) is 125 Å². The van der Waals surface area contributed by atoms with E-state index in [1.54, 1.807) is 4.90 Å². The Morgan fingerprint density at radius 2 is 1.41 bits per heavy atom. The Kier molecular flexibility index (Phi) is 10.7. The summed E-state index contributed by atoms with van der Waals surface area (Å²) < 4.78 is 24.6. The largest absolute Gasteiger partial charge is 0.487 e. The molecule has 9 heteroatoms. The molecule has 1 aliphatic rings. The minimum Gasteiger partial charge on any atom is -0.487 e. The Labute approximate surface area is 315 Å². The molecule has 1 aliphatic heterocycles. The first-order valence-electron chi connectivity index (χ1n) is 18.4. The summed E-state index contributed by atoms with van der Waals surface area (Å²) in [4.78, 5) is 37.5. The molecule has 0 saturated heterocycles. The van der Waals surface area contributed by atoms with Gasteiger partial charge in [0, 0.05) is 34.3 Å². The third kappa shape index (κ3) is 8.26. The Hall–Kier alpha value is -6.09. The van der Waals surface area contributed by atoms with Gasteiger partial charge in [-0.25, -0.2) is 14.6 Å². The molecule has 0 atom stereocenters. The predicted molar refractivity (Wildman–Crippen MR) is 208 cm³/mol. The fraction of sp³-hybridized carbons (Fsp3) is 0.267. The van der Waals surface area contributed by atoms with Gasteiger partial charge < -0.3 is 28.8 Å². The Bertz CT molecular complexity index is 2250. The van der Waals surface area contributed by atoms with Crippen LogP contribution in [0.4, 0.5) is 4.79 Å². The number of fused-ring (bicyclic) bond motifs is 3. The lowest BCUT2D eigenvalue weighted by Gasteiger charge is -2.30. The van der Waals surface area contributed by atoms with Gasteiger partial charge in [-0.1, -0.05) is 110 Å². The summed E-state index contributed by atoms with van der Waals surface area (Å²) in [6.45, 7) is 9.15. The number of aromatic amines is 1. The molecule has 1 N–H and O–H groups in total. The molecular weight excluding hydrogens is 679 g/mol. The van der Waals surface area contributed by atoms with Crippen molar-refractivity contribution in [1.29, 1.82) is 0 Å². The standard InChI is InChI=1S/C45H45N3O6/c1-5-34-40(33-21-22-35-36-23-24-48(44(50)54-45(2,3)4)26-38(36)46-37(35)25-33)47-42(52-28-31-17-11-7-12-18-31)39(41(34)51-27-30-15-9-6-10-16-30)43(49)53-29-32-19-13-8-14-20-32/h6-22,25,46H,5,23-24,26-29H2,1-4H3. The number of hydrogen-bond donors (Lipinski definition) is 1. The second kappa shape index (κ2) is 15.9. The maximum absolute atomic E-state index is 14.2. The number of rotatable bonds is 11. The van der Waals surface area contributed by atoms with Gasteiger partial charge in [0.05, 0.1) is 12.2 Å². The molecule has 6 aromatic rings.